The van der Waals surface area contributed by atoms with Crippen molar-refractivity contribution < 1.29 is 23.5 Å². The number of hydrogen-bond donors (Lipinski definition) is 0. The van der Waals surface area contributed by atoms with Crippen LogP contribution < -0.4 is 9.47 Å². The molecule has 0 bridgehead atoms. The number of halogens is 1. The molecule has 0 fully saturated rings. The maximum Gasteiger partial charge on any atom is 0.338 e. The number of nitrogens with zero attached hydrogens (tertiary/aromatic N) is 3. The summed E-state index contributed by atoms with van der Waals surface area (Å²) >= 11 is 6.32. The van der Waals surface area contributed by atoms with E-state index in [-0.39, 0.29) is 6.61 Å². The van der Waals surface area contributed by atoms with Crippen LogP contribution >= 0.6 is 11.6 Å². The second kappa shape index (κ2) is 11.5. The van der Waals surface area contributed by atoms with Gasteiger partial charge in [-0.25, -0.2) is 4.79 Å². The molecule has 0 saturated carbocycles. The van der Waals surface area contributed by atoms with E-state index in [4.69, 9.17) is 30.3 Å². The molecule has 32 heavy (non-hydrogen) atoms. The Morgan fingerprint density at radius 3 is 2.81 bits per heavy atom. The van der Waals surface area contributed by atoms with Crippen LogP contribution in [0.2, 0.25) is 5.02 Å². The summed E-state index contributed by atoms with van der Waals surface area (Å²) in [5.74, 6) is 1.76. The molecule has 170 valence electrons. The molecule has 0 saturated heterocycles. The molecule has 0 aliphatic heterocycles. The van der Waals surface area contributed by atoms with Gasteiger partial charge in [0.25, 0.3) is 0 Å². The van der Waals surface area contributed by atoms with Crippen LogP contribution in [0.25, 0.3) is 11.4 Å². The minimum Gasteiger partial charge on any atom is -0.493 e. The van der Waals surface area contributed by atoms with Crippen molar-refractivity contribution in [2.45, 2.75) is 33.1 Å². The van der Waals surface area contributed by atoms with Gasteiger partial charge in [-0.2, -0.15) is 4.98 Å². The third kappa shape index (κ3) is 6.43. The van der Waals surface area contributed by atoms with Gasteiger partial charge in [-0.15, -0.1) is 0 Å². The zero-order chi connectivity index (χ0) is 22.9. The lowest BCUT2D eigenvalue weighted by Gasteiger charge is -2.14. The standard InChI is InChI=1S/C23H26ClN3O5/c1-15(2)8-11-30-21-18(24)12-17(13-19(21)29-3)23(28)31-10-5-7-20-26-22(27-32-20)16-6-4-9-25-14-16/h4,6,9,12-15H,5,7-8,10-11H2,1-3H3. The van der Waals surface area contributed by atoms with Crippen LogP contribution in [0.15, 0.2) is 41.2 Å². The first-order chi connectivity index (χ1) is 15.5. The van der Waals surface area contributed by atoms with Gasteiger partial charge in [0.05, 0.1) is 30.9 Å². The summed E-state index contributed by atoms with van der Waals surface area (Å²) in [5, 5.41) is 4.24. The average molecular weight is 460 g/mol. The van der Waals surface area contributed by atoms with Crippen molar-refractivity contribution in [1.82, 2.24) is 15.1 Å². The molecule has 9 heteroatoms. The van der Waals surface area contributed by atoms with Crippen molar-refractivity contribution in [2.75, 3.05) is 20.3 Å². The molecule has 0 aliphatic carbocycles. The van der Waals surface area contributed by atoms with Gasteiger partial charge in [0.2, 0.25) is 11.7 Å². The SMILES string of the molecule is COc1cc(C(=O)OCCCc2nc(-c3cccnc3)no2)cc(Cl)c1OCCC(C)C. The van der Waals surface area contributed by atoms with Crippen LogP contribution in [0.4, 0.5) is 0 Å². The Labute approximate surface area is 191 Å². The van der Waals surface area contributed by atoms with E-state index in [2.05, 4.69) is 29.0 Å². The Morgan fingerprint density at radius 1 is 1.25 bits per heavy atom. The van der Waals surface area contributed by atoms with Gasteiger partial charge in [0.15, 0.2) is 11.5 Å². The zero-order valence-electron chi connectivity index (χ0n) is 18.3. The van der Waals surface area contributed by atoms with Crippen LogP contribution in [0.1, 0.15) is 42.9 Å². The fourth-order valence-electron chi connectivity index (χ4n) is 2.81. The van der Waals surface area contributed by atoms with Crippen LogP contribution in [-0.4, -0.2) is 41.4 Å². The summed E-state index contributed by atoms with van der Waals surface area (Å²) in [6, 6.07) is 6.74. The summed E-state index contributed by atoms with van der Waals surface area (Å²) in [6.45, 7) is 4.92. The molecule has 2 aromatic heterocycles. The van der Waals surface area contributed by atoms with Gasteiger partial charge < -0.3 is 18.7 Å². The first-order valence-electron chi connectivity index (χ1n) is 10.4. The summed E-state index contributed by atoms with van der Waals surface area (Å²) < 4.78 is 21.7. The fraction of sp³-hybridized carbons (Fsp3) is 0.391. The number of carbonyl (C=O) groups excluding carboxylic acids is 1. The summed E-state index contributed by atoms with van der Waals surface area (Å²) in [4.78, 5) is 20.8. The van der Waals surface area contributed by atoms with Crippen molar-refractivity contribution in [3.63, 3.8) is 0 Å². The number of carbonyl (C=O) groups is 1. The number of pyridine rings is 1. The highest BCUT2D eigenvalue weighted by atomic mass is 35.5. The Bertz CT molecular complexity index is 1020. The lowest BCUT2D eigenvalue weighted by atomic mass is 10.1. The third-order valence-corrected chi connectivity index (χ3v) is 4.84. The molecule has 0 radical (unpaired) electrons. The molecule has 3 rings (SSSR count). The summed E-state index contributed by atoms with van der Waals surface area (Å²) in [6.07, 6.45) is 5.23. The topological polar surface area (TPSA) is 96.6 Å². The van der Waals surface area contributed by atoms with Crippen LogP contribution in [0, 0.1) is 5.92 Å². The lowest BCUT2D eigenvalue weighted by Crippen LogP contribution is -2.09. The predicted octanol–water partition coefficient (Wildman–Crippen LogP) is 5.01. The summed E-state index contributed by atoms with van der Waals surface area (Å²) in [7, 11) is 1.50. The molecule has 0 atom stereocenters. The molecule has 0 aliphatic rings. The smallest absolute Gasteiger partial charge is 0.338 e. The number of esters is 1. The van der Waals surface area contributed by atoms with Gasteiger partial charge >= 0.3 is 5.97 Å². The Kier molecular flexibility index (Phi) is 8.44. The number of hydrogen-bond acceptors (Lipinski definition) is 8. The highest BCUT2D eigenvalue weighted by Crippen LogP contribution is 2.36. The minimum atomic E-state index is -0.500. The monoisotopic (exact) mass is 459 g/mol. The molecular weight excluding hydrogens is 434 g/mol. The van der Waals surface area contributed by atoms with E-state index >= 15 is 0 Å². The van der Waals surface area contributed by atoms with Crippen LogP contribution in [0.3, 0.4) is 0 Å². The second-order valence-corrected chi connectivity index (χ2v) is 7.92. The maximum atomic E-state index is 12.4. The first kappa shape index (κ1) is 23.5. The highest BCUT2D eigenvalue weighted by molar-refractivity contribution is 6.32. The highest BCUT2D eigenvalue weighted by Gasteiger charge is 2.17. The molecule has 0 spiro atoms. The molecular formula is C23H26ClN3O5. The molecule has 3 aromatic rings. The van der Waals surface area contributed by atoms with E-state index < -0.39 is 5.97 Å². The molecule has 0 amide bonds. The Morgan fingerprint density at radius 2 is 2.09 bits per heavy atom. The molecule has 0 N–H and O–H groups in total. The van der Waals surface area contributed by atoms with E-state index in [0.717, 1.165) is 12.0 Å². The van der Waals surface area contributed by atoms with Gasteiger partial charge in [-0.1, -0.05) is 30.6 Å². The predicted molar refractivity (Wildman–Crippen MR) is 119 cm³/mol. The number of benzene rings is 1. The van der Waals surface area contributed by atoms with E-state index in [0.29, 0.717) is 59.2 Å². The zero-order valence-corrected chi connectivity index (χ0v) is 19.1. The molecule has 8 nitrogen and oxygen atoms in total. The number of aryl methyl sites for hydroxylation is 1. The second-order valence-electron chi connectivity index (χ2n) is 7.51. The Balaban J connectivity index is 1.51. The summed E-state index contributed by atoms with van der Waals surface area (Å²) in [5.41, 5.74) is 1.07. The minimum absolute atomic E-state index is 0.190. The largest absolute Gasteiger partial charge is 0.493 e. The van der Waals surface area contributed by atoms with Crippen LogP contribution in [-0.2, 0) is 11.2 Å². The number of rotatable bonds is 11. The van der Waals surface area contributed by atoms with Crippen molar-refractivity contribution in [3.05, 3.63) is 53.1 Å². The van der Waals surface area contributed by atoms with Gasteiger partial charge in [0, 0.05) is 24.4 Å². The average Bonchev–Trinajstić information content (AvgIpc) is 3.26. The van der Waals surface area contributed by atoms with Crippen molar-refractivity contribution in [3.8, 4) is 22.9 Å². The quantitative estimate of drug-likeness (QED) is 0.291. The maximum absolute atomic E-state index is 12.4. The number of aromatic nitrogens is 3. The van der Waals surface area contributed by atoms with Gasteiger partial charge in [-0.3, -0.25) is 4.98 Å². The van der Waals surface area contributed by atoms with Gasteiger partial charge in [-0.05, 0) is 43.0 Å². The van der Waals surface area contributed by atoms with E-state index in [1.165, 1.54) is 13.2 Å². The van der Waals surface area contributed by atoms with Crippen molar-refractivity contribution in [1.29, 1.82) is 0 Å². The molecule has 0 unspecified atom stereocenters. The first-order valence-corrected chi connectivity index (χ1v) is 10.8. The fourth-order valence-corrected chi connectivity index (χ4v) is 3.08. The van der Waals surface area contributed by atoms with Gasteiger partial charge in [0.1, 0.15) is 0 Å². The van der Waals surface area contributed by atoms with Crippen molar-refractivity contribution in [2.24, 2.45) is 5.92 Å². The van der Waals surface area contributed by atoms with E-state index in [1.807, 2.05) is 6.07 Å². The number of methoxy groups -OCH3 is 1. The lowest BCUT2D eigenvalue weighted by molar-refractivity contribution is 0.0498. The normalized spacial score (nSPS) is 10.9. The Hall–Kier alpha value is -3.13. The van der Waals surface area contributed by atoms with E-state index in [1.54, 1.807) is 24.5 Å². The third-order valence-electron chi connectivity index (χ3n) is 4.56. The number of ether oxygens (including phenoxy) is 3. The molecule has 2 heterocycles. The van der Waals surface area contributed by atoms with Crippen molar-refractivity contribution >= 4 is 17.6 Å². The van der Waals surface area contributed by atoms with E-state index in [9.17, 15) is 4.79 Å². The molecule has 1 aromatic carbocycles. The van der Waals surface area contributed by atoms with Crippen LogP contribution in [0.5, 0.6) is 11.5 Å².